The zero-order chi connectivity index (χ0) is 22.3. The van der Waals surface area contributed by atoms with Crippen molar-refractivity contribution in [1.29, 1.82) is 0 Å². The van der Waals surface area contributed by atoms with Crippen molar-refractivity contribution in [1.82, 2.24) is 10.0 Å². The first kappa shape index (κ1) is 23.1. The highest BCUT2D eigenvalue weighted by Crippen LogP contribution is 2.20. The van der Waals surface area contributed by atoms with Gasteiger partial charge in [-0.05, 0) is 67.9 Å². The Hall–Kier alpha value is -2.55. The topological polar surface area (TPSA) is 87.3 Å². The van der Waals surface area contributed by atoms with Gasteiger partial charge in [0.05, 0.1) is 4.90 Å². The number of sulfonamides is 1. The molecule has 0 heterocycles. The number of carbonyl (C=O) groups excluding carboxylic acids is 1. The monoisotopic (exact) mass is 457 g/mol. The summed E-state index contributed by atoms with van der Waals surface area (Å²) in [5.41, 5.74) is 2.65. The number of hydrogen-bond donors (Lipinski definition) is 3. The van der Waals surface area contributed by atoms with Crippen LogP contribution in [0.1, 0.15) is 43.2 Å². The number of hydrogen-bond acceptors (Lipinski definition) is 4. The number of rotatable bonds is 6. The maximum Gasteiger partial charge on any atom is 0.250 e. The first-order valence-electron chi connectivity index (χ1n) is 10.3. The number of anilines is 1. The van der Waals surface area contributed by atoms with E-state index in [1.165, 1.54) is 18.2 Å². The summed E-state index contributed by atoms with van der Waals surface area (Å²) in [7, 11) is -3.55. The molecule has 1 fully saturated rings. The molecule has 0 unspecified atom stereocenters. The Labute approximate surface area is 189 Å². The minimum atomic E-state index is -3.55. The van der Waals surface area contributed by atoms with Crippen LogP contribution in [0.25, 0.3) is 6.08 Å². The first-order chi connectivity index (χ1) is 14.8. The second-order valence-electron chi connectivity index (χ2n) is 7.67. The summed E-state index contributed by atoms with van der Waals surface area (Å²) in [6.45, 7) is 2.00. The van der Waals surface area contributed by atoms with E-state index in [0.717, 1.165) is 43.2 Å². The van der Waals surface area contributed by atoms with Crippen LogP contribution in [0.3, 0.4) is 0 Å². The lowest BCUT2D eigenvalue weighted by Gasteiger charge is -2.22. The predicted molar refractivity (Wildman–Crippen MR) is 128 cm³/mol. The molecule has 3 N–H and O–H groups in total. The highest BCUT2D eigenvalue weighted by Gasteiger charge is 2.21. The molecule has 0 radical (unpaired) electrons. The molecule has 0 aliphatic heterocycles. The number of carbonyl (C=O) groups is 1. The molecule has 2 aromatic rings. The van der Waals surface area contributed by atoms with Gasteiger partial charge in [0.25, 0.3) is 0 Å². The average Bonchev–Trinajstić information content (AvgIpc) is 2.74. The van der Waals surface area contributed by atoms with Gasteiger partial charge in [-0.15, -0.1) is 0 Å². The lowest BCUT2D eigenvalue weighted by atomic mass is 9.96. The van der Waals surface area contributed by atoms with Crippen molar-refractivity contribution in [2.24, 2.45) is 0 Å². The quantitative estimate of drug-likeness (QED) is 0.448. The summed E-state index contributed by atoms with van der Waals surface area (Å²) < 4.78 is 27.9. The van der Waals surface area contributed by atoms with Crippen LogP contribution in [-0.2, 0) is 14.8 Å². The molecule has 0 aromatic heterocycles. The van der Waals surface area contributed by atoms with Gasteiger partial charge in [-0.3, -0.25) is 10.1 Å². The van der Waals surface area contributed by atoms with E-state index in [0.29, 0.717) is 5.69 Å². The number of benzene rings is 2. The van der Waals surface area contributed by atoms with Gasteiger partial charge in [-0.25, -0.2) is 13.1 Å². The first-order valence-corrected chi connectivity index (χ1v) is 12.2. The van der Waals surface area contributed by atoms with Gasteiger partial charge in [0.15, 0.2) is 5.11 Å². The van der Waals surface area contributed by atoms with E-state index in [9.17, 15) is 13.2 Å². The van der Waals surface area contributed by atoms with Gasteiger partial charge in [0.1, 0.15) is 0 Å². The Balaban J connectivity index is 1.52. The summed E-state index contributed by atoms with van der Waals surface area (Å²) in [5.74, 6) is -0.353. The van der Waals surface area contributed by atoms with Gasteiger partial charge in [-0.1, -0.05) is 49.1 Å². The Morgan fingerprint density at radius 1 is 1.00 bits per heavy atom. The van der Waals surface area contributed by atoms with Crippen molar-refractivity contribution in [3.8, 4) is 0 Å². The number of amides is 1. The van der Waals surface area contributed by atoms with Crippen molar-refractivity contribution >= 4 is 45.0 Å². The normalized spacial score (nSPS) is 15.0. The van der Waals surface area contributed by atoms with Crippen LogP contribution in [0.4, 0.5) is 5.69 Å². The van der Waals surface area contributed by atoms with E-state index < -0.39 is 10.0 Å². The summed E-state index contributed by atoms with van der Waals surface area (Å²) >= 11 is 5.17. The number of thiocarbonyl (C=S) groups is 1. The second kappa shape index (κ2) is 10.7. The molecule has 6 nitrogen and oxygen atoms in total. The van der Waals surface area contributed by atoms with Gasteiger partial charge >= 0.3 is 0 Å². The third-order valence-corrected chi connectivity index (χ3v) is 6.83. The molecule has 8 heteroatoms. The molecule has 31 heavy (non-hydrogen) atoms. The summed E-state index contributed by atoms with van der Waals surface area (Å²) in [6.07, 6.45) is 8.15. The molecule has 164 valence electrons. The summed E-state index contributed by atoms with van der Waals surface area (Å²) in [6, 6.07) is 14.1. The minimum absolute atomic E-state index is 0.00676. The van der Waals surface area contributed by atoms with Crippen molar-refractivity contribution in [2.45, 2.75) is 50.0 Å². The van der Waals surface area contributed by atoms with Crippen LogP contribution in [0.15, 0.2) is 59.5 Å². The van der Waals surface area contributed by atoms with Crippen LogP contribution >= 0.6 is 12.2 Å². The molecule has 0 saturated heterocycles. The van der Waals surface area contributed by atoms with Gasteiger partial charge in [0, 0.05) is 17.8 Å². The summed E-state index contributed by atoms with van der Waals surface area (Å²) in [5, 5.41) is 5.60. The minimum Gasteiger partial charge on any atom is -0.332 e. The van der Waals surface area contributed by atoms with Crippen LogP contribution in [0.2, 0.25) is 0 Å². The van der Waals surface area contributed by atoms with Gasteiger partial charge in [-0.2, -0.15) is 0 Å². The third-order valence-electron chi connectivity index (χ3n) is 5.09. The Morgan fingerprint density at radius 3 is 2.29 bits per heavy atom. The highest BCUT2D eigenvalue weighted by molar-refractivity contribution is 7.89. The van der Waals surface area contributed by atoms with E-state index in [1.54, 1.807) is 18.2 Å². The number of aryl methyl sites for hydroxylation is 1. The van der Waals surface area contributed by atoms with E-state index in [2.05, 4.69) is 15.4 Å². The van der Waals surface area contributed by atoms with Crippen LogP contribution in [0.5, 0.6) is 0 Å². The van der Waals surface area contributed by atoms with E-state index in [4.69, 9.17) is 12.2 Å². The summed E-state index contributed by atoms with van der Waals surface area (Å²) in [4.78, 5) is 12.3. The van der Waals surface area contributed by atoms with Crippen molar-refractivity contribution in [2.75, 3.05) is 5.32 Å². The van der Waals surface area contributed by atoms with Crippen molar-refractivity contribution in [3.05, 3.63) is 65.7 Å². The molecule has 0 spiro atoms. The van der Waals surface area contributed by atoms with E-state index in [-0.39, 0.29) is 22.0 Å². The number of nitrogens with one attached hydrogen (secondary N) is 3. The fourth-order valence-corrected chi connectivity index (χ4v) is 4.91. The molecule has 3 rings (SSSR count). The molecular weight excluding hydrogens is 430 g/mol. The zero-order valence-electron chi connectivity index (χ0n) is 17.4. The lowest BCUT2D eigenvalue weighted by Crippen LogP contribution is -2.36. The van der Waals surface area contributed by atoms with Crippen LogP contribution in [-0.4, -0.2) is 25.5 Å². The smallest absolute Gasteiger partial charge is 0.250 e. The van der Waals surface area contributed by atoms with Gasteiger partial charge in [0.2, 0.25) is 15.9 Å². The standard InChI is InChI=1S/C23H27N3O3S2/c1-17-7-9-18(10-8-17)11-16-22(27)25-23(30)24-19-12-14-21(15-13-19)31(28,29)26-20-5-3-2-4-6-20/h7-16,20,26H,2-6H2,1H3,(H2,24,25,27,30). The largest absolute Gasteiger partial charge is 0.332 e. The molecule has 1 aliphatic rings. The molecule has 1 amide bonds. The molecule has 1 aliphatic carbocycles. The van der Waals surface area contributed by atoms with Crippen molar-refractivity contribution in [3.63, 3.8) is 0 Å². The van der Waals surface area contributed by atoms with Gasteiger partial charge < -0.3 is 5.32 Å². The highest BCUT2D eigenvalue weighted by atomic mass is 32.2. The fraction of sp³-hybridized carbons (Fsp3) is 0.304. The van der Waals surface area contributed by atoms with Crippen LogP contribution in [0, 0.1) is 6.92 Å². The predicted octanol–water partition coefficient (Wildman–Crippen LogP) is 4.13. The van der Waals surface area contributed by atoms with E-state index >= 15 is 0 Å². The Bertz CT molecular complexity index is 1040. The Kier molecular flexibility index (Phi) is 7.95. The zero-order valence-corrected chi connectivity index (χ0v) is 19.1. The molecule has 0 atom stereocenters. The molecular formula is C23H27N3O3S2. The second-order valence-corrected chi connectivity index (χ2v) is 9.79. The maximum absolute atomic E-state index is 12.6. The lowest BCUT2D eigenvalue weighted by molar-refractivity contribution is -0.115. The average molecular weight is 458 g/mol. The SMILES string of the molecule is Cc1ccc(C=CC(=O)NC(=S)Nc2ccc(S(=O)(=O)NC3CCCCC3)cc2)cc1. The molecule has 1 saturated carbocycles. The fourth-order valence-electron chi connectivity index (χ4n) is 3.39. The molecule has 0 bridgehead atoms. The van der Waals surface area contributed by atoms with Crippen LogP contribution < -0.4 is 15.4 Å². The van der Waals surface area contributed by atoms with Crippen molar-refractivity contribution < 1.29 is 13.2 Å². The maximum atomic E-state index is 12.6. The Morgan fingerprint density at radius 2 is 1.65 bits per heavy atom. The van der Waals surface area contributed by atoms with E-state index in [1.807, 2.05) is 31.2 Å². The third kappa shape index (κ3) is 7.27. The molecule has 2 aromatic carbocycles.